The molecule has 0 aliphatic carbocycles. The summed E-state index contributed by atoms with van der Waals surface area (Å²) < 4.78 is 2.10. The van der Waals surface area contributed by atoms with Gasteiger partial charge >= 0.3 is 0 Å². The van der Waals surface area contributed by atoms with Crippen LogP contribution >= 0.6 is 11.3 Å². The van der Waals surface area contributed by atoms with Gasteiger partial charge in [-0.05, 0) is 37.7 Å². The Hall–Kier alpha value is -2.11. The summed E-state index contributed by atoms with van der Waals surface area (Å²) >= 11 is 1.70. The average Bonchev–Trinajstić information content (AvgIpc) is 3.15. The summed E-state index contributed by atoms with van der Waals surface area (Å²) in [5.41, 5.74) is 2.20. The maximum atomic E-state index is 12.3. The highest BCUT2D eigenvalue weighted by Crippen LogP contribution is 2.31. The minimum Gasteiger partial charge on any atom is -0.353 e. The Bertz CT molecular complexity index is 790. The molecule has 5 heteroatoms. The fourth-order valence-corrected chi connectivity index (χ4v) is 3.38. The highest BCUT2D eigenvalue weighted by molar-refractivity contribution is 7.13. The van der Waals surface area contributed by atoms with Gasteiger partial charge in [0.2, 0.25) is 5.91 Å². The molecule has 0 atom stereocenters. The number of thiophene rings is 1. The Morgan fingerprint density at radius 2 is 2.04 bits per heavy atom. The number of fused-ring (bicyclic) bond motifs is 1. The zero-order valence-corrected chi connectivity index (χ0v) is 14.3. The van der Waals surface area contributed by atoms with E-state index < -0.39 is 0 Å². The number of nitrogens with one attached hydrogen (secondary N) is 1. The molecule has 2 heterocycles. The highest BCUT2D eigenvalue weighted by atomic mass is 32.1. The van der Waals surface area contributed by atoms with Gasteiger partial charge < -0.3 is 14.8 Å². The summed E-state index contributed by atoms with van der Waals surface area (Å²) in [6, 6.07) is 14.5. The molecule has 0 unspecified atom stereocenters. The number of carbonyl (C=O) groups is 1. The van der Waals surface area contributed by atoms with Crippen molar-refractivity contribution < 1.29 is 4.79 Å². The third-order valence-corrected chi connectivity index (χ3v) is 4.66. The maximum Gasteiger partial charge on any atom is 0.240 e. The van der Waals surface area contributed by atoms with Crippen molar-refractivity contribution in [1.82, 2.24) is 14.8 Å². The quantitative estimate of drug-likeness (QED) is 0.755. The fraction of sp³-hybridized carbons (Fsp3) is 0.278. The molecule has 0 aliphatic rings. The molecule has 0 spiro atoms. The lowest BCUT2D eigenvalue weighted by atomic mass is 10.2. The molecule has 1 N–H and O–H groups in total. The van der Waals surface area contributed by atoms with Gasteiger partial charge in [-0.3, -0.25) is 4.79 Å². The van der Waals surface area contributed by atoms with Crippen LogP contribution in [-0.2, 0) is 11.3 Å². The summed E-state index contributed by atoms with van der Waals surface area (Å²) in [5.74, 6) is 0.0472. The number of hydrogen-bond acceptors (Lipinski definition) is 3. The molecule has 0 aliphatic heterocycles. The second kappa shape index (κ2) is 6.98. The first-order valence-electron chi connectivity index (χ1n) is 7.69. The van der Waals surface area contributed by atoms with Crippen molar-refractivity contribution in [2.45, 2.75) is 6.54 Å². The Morgan fingerprint density at radius 3 is 2.78 bits per heavy atom. The van der Waals surface area contributed by atoms with Crippen molar-refractivity contribution in [1.29, 1.82) is 0 Å². The van der Waals surface area contributed by atoms with Crippen LogP contribution in [0, 0.1) is 0 Å². The first-order valence-corrected chi connectivity index (χ1v) is 8.56. The Kier molecular flexibility index (Phi) is 4.79. The van der Waals surface area contributed by atoms with E-state index in [1.807, 2.05) is 32.3 Å². The number of rotatable bonds is 6. The van der Waals surface area contributed by atoms with Crippen LogP contribution in [0.4, 0.5) is 0 Å². The lowest BCUT2D eigenvalue weighted by molar-refractivity contribution is -0.121. The van der Waals surface area contributed by atoms with Gasteiger partial charge in [0, 0.05) is 24.0 Å². The highest BCUT2D eigenvalue weighted by Gasteiger charge is 2.13. The lowest BCUT2D eigenvalue weighted by Crippen LogP contribution is -2.33. The van der Waals surface area contributed by atoms with Crippen molar-refractivity contribution >= 4 is 28.1 Å². The van der Waals surface area contributed by atoms with Crippen LogP contribution in [0.25, 0.3) is 21.5 Å². The first kappa shape index (κ1) is 15.8. The molecule has 120 valence electrons. The number of para-hydroxylation sites is 1. The summed E-state index contributed by atoms with van der Waals surface area (Å²) in [4.78, 5) is 15.6. The molecule has 0 fully saturated rings. The Morgan fingerprint density at radius 1 is 1.22 bits per heavy atom. The van der Waals surface area contributed by atoms with Crippen LogP contribution in [-0.4, -0.2) is 42.6 Å². The van der Waals surface area contributed by atoms with Crippen molar-refractivity contribution in [2.75, 3.05) is 27.2 Å². The Balaban J connectivity index is 1.86. The molecule has 3 aromatic rings. The molecular formula is C18H21N3OS. The van der Waals surface area contributed by atoms with Crippen LogP contribution in [0.5, 0.6) is 0 Å². The summed E-state index contributed by atoms with van der Waals surface area (Å²) in [7, 11) is 4.00. The van der Waals surface area contributed by atoms with Crippen LogP contribution < -0.4 is 5.32 Å². The van der Waals surface area contributed by atoms with E-state index >= 15 is 0 Å². The molecule has 4 nitrogen and oxygen atoms in total. The molecule has 2 aromatic heterocycles. The molecule has 1 aromatic carbocycles. The smallest absolute Gasteiger partial charge is 0.240 e. The zero-order valence-electron chi connectivity index (χ0n) is 13.5. The average molecular weight is 327 g/mol. The minimum atomic E-state index is 0.0472. The number of hydrogen-bond donors (Lipinski definition) is 1. The number of nitrogens with zero attached hydrogens (tertiary/aromatic N) is 2. The number of carbonyl (C=O) groups excluding carboxylic acids is 1. The number of likely N-dealkylation sites (N-methyl/N-ethyl adjacent to an activating group) is 1. The van der Waals surface area contributed by atoms with Crippen LogP contribution in [0.15, 0.2) is 47.8 Å². The third kappa shape index (κ3) is 3.63. The van der Waals surface area contributed by atoms with Crippen LogP contribution in [0.2, 0.25) is 0 Å². The lowest BCUT2D eigenvalue weighted by Gasteiger charge is -2.12. The zero-order chi connectivity index (χ0) is 16.2. The van der Waals surface area contributed by atoms with E-state index in [2.05, 4.69) is 44.4 Å². The van der Waals surface area contributed by atoms with E-state index in [1.165, 1.54) is 4.88 Å². The maximum absolute atomic E-state index is 12.3. The van der Waals surface area contributed by atoms with Gasteiger partial charge in [0.15, 0.2) is 0 Å². The van der Waals surface area contributed by atoms with Gasteiger partial charge in [-0.2, -0.15) is 0 Å². The van der Waals surface area contributed by atoms with Gasteiger partial charge in [-0.25, -0.2) is 0 Å². The second-order valence-corrected chi connectivity index (χ2v) is 6.75. The topological polar surface area (TPSA) is 37.3 Å². The molecule has 23 heavy (non-hydrogen) atoms. The fourth-order valence-electron chi connectivity index (χ4n) is 2.63. The van der Waals surface area contributed by atoms with Crippen molar-refractivity contribution in [3.63, 3.8) is 0 Å². The van der Waals surface area contributed by atoms with E-state index in [0.717, 1.165) is 23.1 Å². The molecule has 0 bridgehead atoms. The summed E-state index contributed by atoms with van der Waals surface area (Å²) in [6.07, 6.45) is 0. The monoisotopic (exact) mass is 327 g/mol. The van der Waals surface area contributed by atoms with E-state index in [9.17, 15) is 4.79 Å². The standard InChI is InChI=1S/C18H21N3OS/c1-20(2)10-9-19-18(22)13-21-15-7-4-3-6-14(15)12-16(21)17-8-5-11-23-17/h3-8,11-12H,9-10,13H2,1-2H3,(H,19,22). The number of amides is 1. The van der Waals surface area contributed by atoms with Crippen LogP contribution in [0.3, 0.4) is 0 Å². The predicted octanol–water partition coefficient (Wildman–Crippen LogP) is 3.05. The Labute approximate surface area is 140 Å². The minimum absolute atomic E-state index is 0.0472. The van der Waals surface area contributed by atoms with Gasteiger partial charge in [-0.15, -0.1) is 11.3 Å². The van der Waals surface area contributed by atoms with Crippen molar-refractivity contribution in [3.8, 4) is 10.6 Å². The van der Waals surface area contributed by atoms with Gasteiger partial charge in [0.05, 0.1) is 10.6 Å². The van der Waals surface area contributed by atoms with Gasteiger partial charge in [0.1, 0.15) is 6.54 Å². The van der Waals surface area contributed by atoms with Gasteiger partial charge in [0.25, 0.3) is 0 Å². The van der Waals surface area contributed by atoms with Crippen LogP contribution in [0.1, 0.15) is 0 Å². The molecule has 1 amide bonds. The summed E-state index contributed by atoms with van der Waals surface area (Å²) in [5, 5.41) is 6.22. The van der Waals surface area contributed by atoms with Crippen molar-refractivity contribution in [3.05, 3.63) is 47.8 Å². The van der Waals surface area contributed by atoms with E-state index in [4.69, 9.17) is 0 Å². The number of benzene rings is 1. The molecule has 0 saturated heterocycles. The van der Waals surface area contributed by atoms with E-state index in [1.54, 1.807) is 11.3 Å². The third-order valence-electron chi connectivity index (χ3n) is 3.77. The van der Waals surface area contributed by atoms with E-state index in [-0.39, 0.29) is 5.91 Å². The van der Waals surface area contributed by atoms with Gasteiger partial charge in [-0.1, -0.05) is 24.3 Å². The van der Waals surface area contributed by atoms with E-state index in [0.29, 0.717) is 13.1 Å². The normalized spacial score (nSPS) is 11.3. The first-order chi connectivity index (χ1) is 11.1. The largest absolute Gasteiger partial charge is 0.353 e. The molecular weight excluding hydrogens is 306 g/mol. The second-order valence-electron chi connectivity index (χ2n) is 5.81. The summed E-state index contributed by atoms with van der Waals surface area (Å²) in [6.45, 7) is 1.85. The molecule has 0 saturated carbocycles. The number of aromatic nitrogens is 1. The molecule has 0 radical (unpaired) electrons. The SMILES string of the molecule is CN(C)CCNC(=O)Cn1c(-c2cccs2)cc2ccccc21. The molecule has 3 rings (SSSR count). The predicted molar refractivity (Wildman–Crippen MR) is 96.8 cm³/mol. The van der Waals surface area contributed by atoms with Crippen molar-refractivity contribution in [2.24, 2.45) is 0 Å².